The van der Waals surface area contributed by atoms with Gasteiger partial charge in [0.15, 0.2) is 0 Å². The maximum atomic E-state index is 11.9. The highest BCUT2D eigenvalue weighted by molar-refractivity contribution is 7.99. The summed E-state index contributed by atoms with van der Waals surface area (Å²) in [6.45, 7) is 3.24. The van der Waals surface area contributed by atoms with Crippen molar-refractivity contribution in [3.05, 3.63) is 0 Å². The molecule has 1 heterocycles. The van der Waals surface area contributed by atoms with Crippen LogP contribution in [0.5, 0.6) is 0 Å². The predicted octanol–water partition coefficient (Wildman–Crippen LogP) is -0.786. The first-order valence-electron chi connectivity index (χ1n) is 6.57. The maximum absolute atomic E-state index is 11.9. The number of thioether (sulfide) groups is 1. The van der Waals surface area contributed by atoms with Crippen molar-refractivity contribution in [2.75, 3.05) is 44.2 Å². The fourth-order valence-electron chi connectivity index (χ4n) is 1.96. The molecule has 0 atom stereocenters. The summed E-state index contributed by atoms with van der Waals surface area (Å²) in [5.74, 6) is -0.235. The Hall–Kier alpha value is -1.28. The topological polar surface area (TPSA) is 104 Å². The summed E-state index contributed by atoms with van der Waals surface area (Å²) in [7, 11) is 0. The van der Waals surface area contributed by atoms with Gasteiger partial charge in [-0.25, -0.2) is 0 Å². The highest BCUT2D eigenvalue weighted by atomic mass is 32.2. The fourth-order valence-corrected chi connectivity index (χ4v) is 2.63. The van der Waals surface area contributed by atoms with Crippen molar-refractivity contribution in [3.63, 3.8) is 0 Å². The number of aliphatic carboxylic acids is 1. The molecule has 0 radical (unpaired) electrons. The number of primary amides is 1. The molecule has 8 heteroatoms. The Morgan fingerprint density at radius 3 is 2.30 bits per heavy atom. The molecule has 1 saturated heterocycles. The van der Waals surface area contributed by atoms with Crippen LogP contribution in [-0.2, 0) is 14.4 Å². The van der Waals surface area contributed by atoms with E-state index in [1.165, 1.54) is 11.8 Å². The lowest BCUT2D eigenvalue weighted by Gasteiger charge is -2.34. The molecule has 0 aromatic carbocycles. The number of piperazine rings is 1. The summed E-state index contributed by atoms with van der Waals surface area (Å²) in [6.07, 6.45) is 0.546. The molecule has 20 heavy (non-hydrogen) atoms. The molecule has 0 aromatic heterocycles. The molecule has 0 aliphatic carbocycles. The lowest BCUT2D eigenvalue weighted by Crippen LogP contribution is -2.49. The molecular weight excluding hydrogens is 282 g/mol. The van der Waals surface area contributed by atoms with Crippen LogP contribution < -0.4 is 5.73 Å². The van der Waals surface area contributed by atoms with Crippen LogP contribution >= 0.6 is 11.8 Å². The average Bonchev–Trinajstić information content (AvgIpc) is 2.41. The Labute approximate surface area is 122 Å². The van der Waals surface area contributed by atoms with E-state index in [2.05, 4.69) is 4.90 Å². The number of carboxylic acids is 1. The second kappa shape index (κ2) is 8.80. The van der Waals surface area contributed by atoms with Crippen molar-refractivity contribution in [1.82, 2.24) is 9.80 Å². The lowest BCUT2D eigenvalue weighted by atomic mass is 10.2. The first-order chi connectivity index (χ1) is 9.49. The van der Waals surface area contributed by atoms with Gasteiger partial charge < -0.3 is 15.7 Å². The Morgan fingerprint density at radius 2 is 1.75 bits per heavy atom. The predicted molar refractivity (Wildman–Crippen MR) is 76.4 cm³/mol. The van der Waals surface area contributed by atoms with Crippen LogP contribution in [-0.4, -0.2) is 76.9 Å². The van der Waals surface area contributed by atoms with Crippen molar-refractivity contribution < 1.29 is 19.5 Å². The van der Waals surface area contributed by atoms with Gasteiger partial charge in [-0.3, -0.25) is 19.3 Å². The van der Waals surface area contributed by atoms with Crippen LogP contribution in [0.25, 0.3) is 0 Å². The molecule has 0 bridgehead atoms. The third kappa shape index (κ3) is 6.76. The van der Waals surface area contributed by atoms with Gasteiger partial charge in [-0.1, -0.05) is 0 Å². The van der Waals surface area contributed by atoms with Gasteiger partial charge in [0.2, 0.25) is 11.8 Å². The van der Waals surface area contributed by atoms with Crippen LogP contribution in [0.4, 0.5) is 0 Å². The van der Waals surface area contributed by atoms with Crippen LogP contribution in [0.3, 0.4) is 0 Å². The molecule has 7 nitrogen and oxygen atoms in total. The Bertz CT molecular complexity index is 357. The maximum Gasteiger partial charge on any atom is 0.304 e. The standard InChI is InChI=1S/C12H21N3O4S/c13-10(16)9-20-8-2-11(17)15-6-4-14(5-7-15)3-1-12(18)19/h1-9H2,(H2,13,16)(H,18,19). The number of rotatable bonds is 8. The monoisotopic (exact) mass is 303 g/mol. The van der Waals surface area contributed by atoms with Crippen molar-refractivity contribution in [3.8, 4) is 0 Å². The second-order valence-electron chi connectivity index (χ2n) is 4.64. The van der Waals surface area contributed by atoms with E-state index in [-0.39, 0.29) is 24.0 Å². The van der Waals surface area contributed by atoms with Crippen molar-refractivity contribution >= 4 is 29.5 Å². The van der Waals surface area contributed by atoms with E-state index in [1.807, 2.05) is 0 Å². The van der Waals surface area contributed by atoms with E-state index in [4.69, 9.17) is 10.8 Å². The van der Waals surface area contributed by atoms with Gasteiger partial charge in [-0.2, -0.15) is 11.8 Å². The summed E-state index contributed by atoms with van der Waals surface area (Å²) in [5, 5.41) is 8.62. The molecule has 114 valence electrons. The zero-order chi connectivity index (χ0) is 15.0. The number of hydrogen-bond acceptors (Lipinski definition) is 5. The molecule has 0 unspecified atom stereocenters. The molecule has 1 aliphatic rings. The number of carbonyl (C=O) groups excluding carboxylic acids is 2. The Balaban J connectivity index is 2.15. The van der Waals surface area contributed by atoms with E-state index in [1.54, 1.807) is 4.90 Å². The normalized spacial score (nSPS) is 16.1. The SMILES string of the molecule is NC(=O)CSCCC(=O)N1CCN(CCC(=O)O)CC1. The summed E-state index contributed by atoms with van der Waals surface area (Å²) in [4.78, 5) is 36.8. The number of amides is 2. The van der Waals surface area contributed by atoms with Crippen LogP contribution in [0.1, 0.15) is 12.8 Å². The van der Waals surface area contributed by atoms with Crippen LogP contribution in [0.2, 0.25) is 0 Å². The van der Waals surface area contributed by atoms with Crippen LogP contribution in [0, 0.1) is 0 Å². The number of hydrogen-bond donors (Lipinski definition) is 2. The van der Waals surface area contributed by atoms with E-state index >= 15 is 0 Å². The fraction of sp³-hybridized carbons (Fsp3) is 0.750. The van der Waals surface area contributed by atoms with Gasteiger partial charge in [0, 0.05) is 44.9 Å². The minimum absolute atomic E-state index is 0.0832. The second-order valence-corrected chi connectivity index (χ2v) is 5.74. The number of nitrogens with zero attached hydrogens (tertiary/aromatic N) is 2. The largest absolute Gasteiger partial charge is 0.481 e. The minimum atomic E-state index is -0.796. The lowest BCUT2D eigenvalue weighted by molar-refractivity contribution is -0.138. The smallest absolute Gasteiger partial charge is 0.304 e. The van der Waals surface area contributed by atoms with Gasteiger partial charge in [-0.05, 0) is 0 Å². The zero-order valence-corrected chi connectivity index (χ0v) is 12.2. The average molecular weight is 303 g/mol. The van der Waals surface area contributed by atoms with Gasteiger partial charge in [0.05, 0.1) is 12.2 Å². The first-order valence-corrected chi connectivity index (χ1v) is 7.72. The van der Waals surface area contributed by atoms with E-state index < -0.39 is 5.97 Å². The molecule has 0 spiro atoms. The molecule has 1 aliphatic heterocycles. The van der Waals surface area contributed by atoms with Crippen molar-refractivity contribution in [1.29, 1.82) is 0 Å². The van der Waals surface area contributed by atoms with Crippen molar-refractivity contribution in [2.45, 2.75) is 12.8 Å². The van der Waals surface area contributed by atoms with Gasteiger partial charge in [0.1, 0.15) is 0 Å². The third-order valence-electron chi connectivity index (χ3n) is 3.07. The number of carboxylic acid groups (broad SMARTS) is 1. The zero-order valence-electron chi connectivity index (χ0n) is 11.4. The Morgan fingerprint density at radius 1 is 1.10 bits per heavy atom. The summed E-state index contributed by atoms with van der Waals surface area (Å²) >= 11 is 1.37. The number of carbonyl (C=O) groups is 3. The van der Waals surface area contributed by atoms with Gasteiger partial charge >= 0.3 is 5.97 Å². The molecule has 0 aromatic rings. The molecule has 1 rings (SSSR count). The summed E-state index contributed by atoms with van der Waals surface area (Å²) < 4.78 is 0. The Kier molecular flexibility index (Phi) is 7.38. The van der Waals surface area contributed by atoms with Gasteiger partial charge in [0.25, 0.3) is 0 Å². The highest BCUT2D eigenvalue weighted by Crippen LogP contribution is 2.08. The van der Waals surface area contributed by atoms with Crippen LogP contribution in [0.15, 0.2) is 0 Å². The van der Waals surface area contributed by atoms with Gasteiger partial charge in [-0.15, -0.1) is 0 Å². The summed E-state index contributed by atoms with van der Waals surface area (Å²) in [6, 6.07) is 0. The van der Waals surface area contributed by atoms with E-state index in [0.717, 1.165) is 0 Å². The molecule has 0 saturated carbocycles. The van der Waals surface area contributed by atoms with Crippen molar-refractivity contribution in [2.24, 2.45) is 5.73 Å². The van der Waals surface area contributed by atoms with E-state index in [0.29, 0.717) is 44.9 Å². The molecule has 1 fully saturated rings. The van der Waals surface area contributed by atoms with E-state index in [9.17, 15) is 14.4 Å². The molecular formula is C12H21N3O4S. The quantitative estimate of drug-likeness (QED) is 0.570. The molecule has 2 amide bonds. The third-order valence-corrected chi connectivity index (χ3v) is 4.05. The first kappa shape index (κ1) is 16.8. The highest BCUT2D eigenvalue weighted by Gasteiger charge is 2.20. The summed E-state index contributed by atoms with van der Waals surface area (Å²) in [5.41, 5.74) is 5.01. The minimum Gasteiger partial charge on any atom is -0.481 e. The molecule has 3 N–H and O–H groups in total. The number of nitrogens with two attached hydrogens (primary N) is 1.